The van der Waals surface area contributed by atoms with Crippen LogP contribution in [-0.2, 0) is 19.1 Å². The van der Waals surface area contributed by atoms with Crippen LogP contribution in [0.5, 0.6) is 11.5 Å². The summed E-state index contributed by atoms with van der Waals surface area (Å²) >= 11 is 0. The maximum atomic E-state index is 12.4. The van der Waals surface area contributed by atoms with E-state index >= 15 is 0 Å². The average Bonchev–Trinajstić information content (AvgIpc) is 2.72. The molecule has 0 saturated heterocycles. The van der Waals surface area contributed by atoms with Gasteiger partial charge in [0.25, 0.3) is 5.91 Å². The highest BCUT2D eigenvalue weighted by atomic mass is 16.6. The molecule has 0 saturated carbocycles. The van der Waals surface area contributed by atoms with E-state index in [-0.39, 0.29) is 12.5 Å². The van der Waals surface area contributed by atoms with Crippen molar-refractivity contribution in [3.8, 4) is 11.5 Å². The number of carbonyl (C=O) groups excluding carboxylic acids is 3. The third-order valence-corrected chi connectivity index (χ3v) is 4.55. The van der Waals surface area contributed by atoms with Crippen LogP contribution in [0, 0.1) is 6.92 Å². The topological polar surface area (TPSA) is 94.2 Å². The number of aryl methyl sites for hydroxylation is 1. The number of amides is 2. The maximum Gasteiger partial charge on any atom is 0.351 e. The molecule has 1 aliphatic rings. The lowest BCUT2D eigenvalue weighted by atomic mass is 10.2. The fraction of sp³-hybridized carbons (Fsp3) is 0.318. The van der Waals surface area contributed by atoms with E-state index in [9.17, 15) is 14.4 Å². The van der Waals surface area contributed by atoms with Crippen molar-refractivity contribution in [3.63, 3.8) is 0 Å². The van der Waals surface area contributed by atoms with Crippen molar-refractivity contribution in [3.05, 3.63) is 54.1 Å². The monoisotopic (exact) mass is 412 g/mol. The summed E-state index contributed by atoms with van der Waals surface area (Å²) in [6.45, 7) is 2.97. The minimum absolute atomic E-state index is 0.170. The van der Waals surface area contributed by atoms with Crippen LogP contribution >= 0.6 is 0 Å². The van der Waals surface area contributed by atoms with Gasteiger partial charge in [0, 0.05) is 12.7 Å². The van der Waals surface area contributed by atoms with Crippen molar-refractivity contribution in [1.82, 2.24) is 4.90 Å². The number of fused-ring (bicyclic) bond motifs is 1. The molecule has 2 atom stereocenters. The lowest BCUT2D eigenvalue weighted by Gasteiger charge is -2.30. The predicted molar refractivity (Wildman–Crippen MR) is 109 cm³/mol. The van der Waals surface area contributed by atoms with E-state index in [2.05, 4.69) is 5.32 Å². The van der Waals surface area contributed by atoms with Gasteiger partial charge in [-0.2, -0.15) is 0 Å². The smallest absolute Gasteiger partial charge is 0.351 e. The summed E-state index contributed by atoms with van der Waals surface area (Å²) < 4.78 is 16.4. The SMILES string of the molecule is Cc1ccc(NC(=O)CN(C)C(=O)COC(=O)C2Oc3ccccc3OC2C)cc1. The Balaban J connectivity index is 1.46. The Morgan fingerprint density at radius 2 is 1.67 bits per heavy atom. The number of hydrogen-bond acceptors (Lipinski definition) is 6. The molecular formula is C22H24N2O6. The molecule has 0 spiro atoms. The van der Waals surface area contributed by atoms with E-state index in [0.717, 1.165) is 5.56 Å². The summed E-state index contributed by atoms with van der Waals surface area (Å²) in [5, 5.41) is 2.71. The molecule has 8 nitrogen and oxygen atoms in total. The largest absolute Gasteiger partial charge is 0.482 e. The normalized spacial score (nSPS) is 17.0. The fourth-order valence-corrected chi connectivity index (χ4v) is 2.85. The van der Waals surface area contributed by atoms with E-state index < -0.39 is 30.7 Å². The number of benzene rings is 2. The van der Waals surface area contributed by atoms with Gasteiger partial charge in [-0.15, -0.1) is 0 Å². The minimum atomic E-state index is -0.983. The summed E-state index contributed by atoms with van der Waals surface area (Å²) in [6.07, 6.45) is -1.55. The summed E-state index contributed by atoms with van der Waals surface area (Å²) in [7, 11) is 1.46. The minimum Gasteiger partial charge on any atom is -0.482 e. The molecule has 1 aliphatic heterocycles. The summed E-state index contributed by atoms with van der Waals surface area (Å²) in [5.74, 6) is -0.580. The molecule has 1 heterocycles. The van der Waals surface area contributed by atoms with Gasteiger partial charge in [-0.1, -0.05) is 29.8 Å². The Hall–Kier alpha value is -3.55. The van der Waals surface area contributed by atoms with E-state index in [1.807, 2.05) is 19.1 Å². The zero-order valence-corrected chi connectivity index (χ0v) is 17.1. The first-order valence-corrected chi connectivity index (χ1v) is 9.53. The van der Waals surface area contributed by atoms with E-state index in [1.165, 1.54) is 11.9 Å². The number of anilines is 1. The third kappa shape index (κ3) is 5.28. The van der Waals surface area contributed by atoms with Crippen LogP contribution < -0.4 is 14.8 Å². The second kappa shape index (κ2) is 9.30. The Labute approximate surface area is 174 Å². The summed E-state index contributed by atoms with van der Waals surface area (Å²) in [6, 6.07) is 14.3. The standard InChI is InChI=1S/C22H24N2O6/c1-14-8-10-16(11-9-14)23-19(25)12-24(3)20(26)13-28-22(27)21-15(2)29-17-6-4-5-7-18(17)30-21/h4-11,15,21H,12-13H2,1-3H3,(H,23,25). The van der Waals surface area contributed by atoms with Crippen LogP contribution in [0.3, 0.4) is 0 Å². The molecule has 2 unspecified atom stereocenters. The number of hydrogen-bond donors (Lipinski definition) is 1. The van der Waals surface area contributed by atoms with Gasteiger partial charge in [-0.3, -0.25) is 9.59 Å². The molecule has 2 aromatic carbocycles. The molecule has 8 heteroatoms. The Bertz CT molecular complexity index is 927. The van der Waals surface area contributed by atoms with Gasteiger partial charge in [0.15, 0.2) is 18.1 Å². The average molecular weight is 412 g/mol. The lowest BCUT2D eigenvalue weighted by Crippen LogP contribution is -2.45. The van der Waals surface area contributed by atoms with Gasteiger partial charge >= 0.3 is 5.97 Å². The Morgan fingerprint density at radius 3 is 2.33 bits per heavy atom. The molecule has 2 aromatic rings. The Kier molecular flexibility index (Phi) is 6.56. The van der Waals surface area contributed by atoms with E-state index in [0.29, 0.717) is 17.2 Å². The molecule has 0 aliphatic carbocycles. The number of nitrogens with one attached hydrogen (secondary N) is 1. The van der Waals surface area contributed by atoms with Gasteiger partial charge in [0.1, 0.15) is 6.10 Å². The van der Waals surface area contributed by atoms with Crippen molar-refractivity contribution in [2.45, 2.75) is 26.1 Å². The van der Waals surface area contributed by atoms with Crippen LogP contribution in [0.15, 0.2) is 48.5 Å². The van der Waals surface area contributed by atoms with Gasteiger partial charge < -0.3 is 24.4 Å². The van der Waals surface area contributed by atoms with Crippen LogP contribution in [0.2, 0.25) is 0 Å². The number of ether oxygens (including phenoxy) is 3. The number of esters is 1. The molecule has 158 valence electrons. The van der Waals surface area contributed by atoms with Crippen LogP contribution in [0.4, 0.5) is 5.69 Å². The molecule has 0 aromatic heterocycles. The number of carbonyl (C=O) groups is 3. The fourth-order valence-electron chi connectivity index (χ4n) is 2.85. The highest BCUT2D eigenvalue weighted by Gasteiger charge is 2.35. The number of nitrogens with zero attached hydrogens (tertiary/aromatic N) is 1. The quantitative estimate of drug-likeness (QED) is 0.731. The van der Waals surface area contributed by atoms with Crippen molar-refractivity contribution in [1.29, 1.82) is 0 Å². The zero-order chi connectivity index (χ0) is 21.7. The molecule has 3 rings (SSSR count). The van der Waals surface area contributed by atoms with Gasteiger partial charge in [0.05, 0.1) is 6.54 Å². The van der Waals surface area contributed by atoms with Crippen LogP contribution in [0.1, 0.15) is 12.5 Å². The van der Waals surface area contributed by atoms with Crippen molar-refractivity contribution >= 4 is 23.5 Å². The summed E-state index contributed by atoms with van der Waals surface area (Å²) in [5.41, 5.74) is 1.72. The van der Waals surface area contributed by atoms with Gasteiger partial charge in [-0.25, -0.2) is 4.79 Å². The number of likely N-dealkylation sites (N-methyl/N-ethyl adjacent to an activating group) is 1. The highest BCUT2D eigenvalue weighted by Crippen LogP contribution is 2.33. The van der Waals surface area contributed by atoms with Crippen molar-refractivity contribution in [2.24, 2.45) is 0 Å². The molecule has 1 N–H and O–H groups in total. The Morgan fingerprint density at radius 1 is 1.03 bits per heavy atom. The lowest BCUT2D eigenvalue weighted by molar-refractivity contribution is -0.162. The maximum absolute atomic E-state index is 12.4. The van der Waals surface area contributed by atoms with E-state index in [4.69, 9.17) is 14.2 Å². The van der Waals surface area contributed by atoms with Crippen molar-refractivity contribution in [2.75, 3.05) is 25.5 Å². The third-order valence-electron chi connectivity index (χ3n) is 4.55. The number of rotatable bonds is 6. The predicted octanol–water partition coefficient (Wildman–Crippen LogP) is 2.16. The second-order valence-corrected chi connectivity index (χ2v) is 7.08. The van der Waals surface area contributed by atoms with Crippen molar-refractivity contribution < 1.29 is 28.6 Å². The van der Waals surface area contributed by atoms with Gasteiger partial charge in [0.2, 0.25) is 12.0 Å². The highest BCUT2D eigenvalue weighted by molar-refractivity contribution is 5.94. The molecule has 0 radical (unpaired) electrons. The van der Waals surface area contributed by atoms with Gasteiger partial charge in [-0.05, 0) is 38.1 Å². The molecular weight excluding hydrogens is 388 g/mol. The first-order valence-electron chi connectivity index (χ1n) is 9.53. The summed E-state index contributed by atoms with van der Waals surface area (Å²) in [4.78, 5) is 37.9. The first kappa shape index (κ1) is 21.2. The molecule has 2 amide bonds. The van der Waals surface area contributed by atoms with Crippen LogP contribution in [0.25, 0.3) is 0 Å². The first-order chi connectivity index (χ1) is 14.3. The molecule has 0 fully saturated rings. The van der Waals surface area contributed by atoms with E-state index in [1.54, 1.807) is 43.3 Å². The second-order valence-electron chi connectivity index (χ2n) is 7.08. The zero-order valence-electron chi connectivity index (χ0n) is 17.1. The number of para-hydroxylation sites is 2. The molecule has 30 heavy (non-hydrogen) atoms. The van der Waals surface area contributed by atoms with Crippen LogP contribution in [-0.4, -0.2) is 55.1 Å². The molecule has 0 bridgehead atoms.